The van der Waals surface area contributed by atoms with E-state index in [4.69, 9.17) is 15.6 Å². The Morgan fingerprint density at radius 3 is 2.90 bits per heavy atom. The summed E-state index contributed by atoms with van der Waals surface area (Å²) >= 11 is 1.63. The summed E-state index contributed by atoms with van der Waals surface area (Å²) in [5.41, 5.74) is 5.01. The fourth-order valence-electron chi connectivity index (χ4n) is 2.52. The van der Waals surface area contributed by atoms with E-state index >= 15 is 0 Å². The number of imidazole rings is 1. The average molecular weight is 302 g/mol. The van der Waals surface area contributed by atoms with E-state index in [9.17, 15) is 0 Å². The van der Waals surface area contributed by atoms with Gasteiger partial charge in [0.15, 0.2) is 0 Å². The molecular formula is C15H18N4OS. The Morgan fingerprint density at radius 1 is 1.38 bits per heavy atom. The van der Waals surface area contributed by atoms with Crippen LogP contribution in [0.1, 0.15) is 16.7 Å². The van der Waals surface area contributed by atoms with E-state index in [1.807, 2.05) is 36.7 Å². The fourth-order valence-corrected chi connectivity index (χ4v) is 3.44. The van der Waals surface area contributed by atoms with Crippen molar-refractivity contribution in [3.05, 3.63) is 46.4 Å². The third kappa shape index (κ3) is 2.53. The fraction of sp³-hybridized carbons (Fsp3) is 0.267. The SMILES string of the molecule is COc1ccsc1C(Cc1nc2ccccc2n1C)NN. The first-order valence-corrected chi connectivity index (χ1v) is 7.60. The van der Waals surface area contributed by atoms with Gasteiger partial charge in [-0.25, -0.2) is 4.98 Å². The number of ether oxygens (including phenoxy) is 1. The first-order valence-electron chi connectivity index (χ1n) is 6.72. The van der Waals surface area contributed by atoms with Gasteiger partial charge in [-0.3, -0.25) is 11.3 Å². The molecule has 0 amide bonds. The first-order chi connectivity index (χ1) is 10.2. The molecule has 5 nitrogen and oxygen atoms in total. The van der Waals surface area contributed by atoms with Crippen molar-refractivity contribution in [3.63, 3.8) is 0 Å². The summed E-state index contributed by atoms with van der Waals surface area (Å²) in [6.07, 6.45) is 0.707. The van der Waals surface area contributed by atoms with Crippen molar-refractivity contribution in [2.24, 2.45) is 12.9 Å². The quantitative estimate of drug-likeness (QED) is 0.561. The number of thiophene rings is 1. The maximum atomic E-state index is 5.74. The number of aryl methyl sites for hydroxylation is 1. The molecule has 0 aliphatic heterocycles. The minimum Gasteiger partial charge on any atom is -0.496 e. The van der Waals surface area contributed by atoms with E-state index in [2.05, 4.69) is 16.1 Å². The molecular weight excluding hydrogens is 284 g/mol. The highest BCUT2D eigenvalue weighted by Gasteiger charge is 2.19. The van der Waals surface area contributed by atoms with E-state index < -0.39 is 0 Å². The van der Waals surface area contributed by atoms with E-state index in [0.29, 0.717) is 6.42 Å². The standard InChI is InChI=1S/C15H18N4OS/c1-19-12-6-4-3-5-10(12)17-14(19)9-11(18-16)15-13(20-2)7-8-21-15/h3-8,11,18H,9,16H2,1-2H3. The third-order valence-electron chi connectivity index (χ3n) is 3.66. The largest absolute Gasteiger partial charge is 0.496 e. The highest BCUT2D eigenvalue weighted by molar-refractivity contribution is 7.10. The van der Waals surface area contributed by atoms with Crippen molar-refractivity contribution in [1.82, 2.24) is 15.0 Å². The van der Waals surface area contributed by atoms with Crippen LogP contribution in [0.3, 0.4) is 0 Å². The molecule has 110 valence electrons. The Kier molecular flexibility index (Phi) is 3.92. The number of hydrogen-bond donors (Lipinski definition) is 2. The molecule has 2 heterocycles. The lowest BCUT2D eigenvalue weighted by molar-refractivity contribution is 0.402. The van der Waals surface area contributed by atoms with Crippen LogP contribution in [-0.2, 0) is 13.5 Å². The van der Waals surface area contributed by atoms with Crippen LogP contribution in [-0.4, -0.2) is 16.7 Å². The van der Waals surface area contributed by atoms with E-state index in [1.165, 1.54) is 0 Å². The van der Waals surface area contributed by atoms with Gasteiger partial charge in [-0.2, -0.15) is 0 Å². The summed E-state index contributed by atoms with van der Waals surface area (Å²) < 4.78 is 7.49. The van der Waals surface area contributed by atoms with Crippen molar-refractivity contribution < 1.29 is 4.74 Å². The van der Waals surface area contributed by atoms with Gasteiger partial charge in [-0.05, 0) is 23.6 Å². The van der Waals surface area contributed by atoms with Crippen LogP contribution in [0, 0.1) is 0 Å². The minimum atomic E-state index is -0.0181. The van der Waals surface area contributed by atoms with Crippen molar-refractivity contribution >= 4 is 22.4 Å². The molecule has 3 rings (SSSR count). The van der Waals surface area contributed by atoms with Crippen LogP contribution in [0.5, 0.6) is 5.75 Å². The van der Waals surface area contributed by atoms with Crippen LogP contribution in [0.4, 0.5) is 0 Å². The van der Waals surface area contributed by atoms with Crippen LogP contribution in [0.2, 0.25) is 0 Å². The summed E-state index contributed by atoms with van der Waals surface area (Å²) in [4.78, 5) is 5.79. The zero-order valence-corrected chi connectivity index (χ0v) is 12.9. The van der Waals surface area contributed by atoms with Crippen LogP contribution >= 0.6 is 11.3 Å². The number of benzene rings is 1. The first kappa shape index (κ1) is 14.1. The molecule has 3 aromatic rings. The second kappa shape index (κ2) is 5.85. The molecule has 21 heavy (non-hydrogen) atoms. The molecule has 0 spiro atoms. The van der Waals surface area contributed by atoms with Gasteiger partial charge in [0.1, 0.15) is 11.6 Å². The molecule has 0 saturated carbocycles. The monoisotopic (exact) mass is 302 g/mol. The zero-order chi connectivity index (χ0) is 14.8. The van der Waals surface area contributed by atoms with Crippen LogP contribution in [0.15, 0.2) is 35.7 Å². The average Bonchev–Trinajstić information content (AvgIpc) is 3.10. The number of nitrogens with zero attached hydrogens (tertiary/aromatic N) is 2. The number of para-hydroxylation sites is 2. The molecule has 0 saturated heterocycles. The summed E-state index contributed by atoms with van der Waals surface area (Å²) in [6.45, 7) is 0. The molecule has 0 radical (unpaired) electrons. The van der Waals surface area contributed by atoms with Gasteiger partial charge < -0.3 is 9.30 Å². The highest BCUT2D eigenvalue weighted by atomic mass is 32.1. The molecule has 2 aromatic heterocycles. The Balaban J connectivity index is 1.94. The molecule has 0 bridgehead atoms. The predicted molar refractivity (Wildman–Crippen MR) is 85.4 cm³/mol. The summed E-state index contributed by atoms with van der Waals surface area (Å²) in [6, 6.07) is 10.1. The number of hydrogen-bond acceptors (Lipinski definition) is 5. The molecule has 1 atom stereocenters. The number of rotatable bonds is 5. The number of methoxy groups -OCH3 is 1. The maximum absolute atomic E-state index is 5.74. The molecule has 0 fully saturated rings. The minimum absolute atomic E-state index is 0.0181. The van der Waals surface area contributed by atoms with E-state index in [0.717, 1.165) is 27.5 Å². The number of aromatic nitrogens is 2. The number of nitrogens with one attached hydrogen (secondary N) is 1. The normalized spacial score (nSPS) is 12.7. The van der Waals surface area contributed by atoms with Crippen molar-refractivity contribution in [2.45, 2.75) is 12.5 Å². The molecule has 1 aromatic carbocycles. The Labute approximate surface area is 127 Å². The lowest BCUT2D eigenvalue weighted by Crippen LogP contribution is -2.30. The second-order valence-corrected chi connectivity index (χ2v) is 5.80. The summed E-state index contributed by atoms with van der Waals surface area (Å²) in [5, 5.41) is 2.01. The number of fused-ring (bicyclic) bond motifs is 1. The Bertz CT molecular complexity index is 749. The van der Waals surface area contributed by atoms with Crippen LogP contribution < -0.4 is 16.0 Å². The van der Waals surface area contributed by atoms with Gasteiger partial charge >= 0.3 is 0 Å². The molecule has 0 aliphatic carbocycles. The second-order valence-electron chi connectivity index (χ2n) is 4.85. The van der Waals surface area contributed by atoms with E-state index in [-0.39, 0.29) is 6.04 Å². The molecule has 6 heteroatoms. The molecule has 0 aliphatic rings. The summed E-state index contributed by atoms with van der Waals surface area (Å²) in [7, 11) is 3.71. The van der Waals surface area contributed by atoms with E-state index in [1.54, 1.807) is 18.4 Å². The predicted octanol–water partition coefficient (Wildman–Crippen LogP) is 2.39. The van der Waals surface area contributed by atoms with Crippen molar-refractivity contribution in [2.75, 3.05) is 7.11 Å². The topological polar surface area (TPSA) is 65.1 Å². The lowest BCUT2D eigenvalue weighted by Gasteiger charge is -2.15. The van der Waals surface area contributed by atoms with Gasteiger partial charge in [0.2, 0.25) is 0 Å². The third-order valence-corrected chi connectivity index (χ3v) is 4.67. The van der Waals surface area contributed by atoms with Crippen LogP contribution in [0.25, 0.3) is 11.0 Å². The lowest BCUT2D eigenvalue weighted by atomic mass is 10.1. The number of hydrazine groups is 1. The number of nitrogens with two attached hydrogens (primary N) is 1. The molecule has 3 N–H and O–H groups in total. The Hall–Kier alpha value is -1.89. The van der Waals surface area contributed by atoms with Crippen molar-refractivity contribution in [1.29, 1.82) is 0 Å². The van der Waals surface area contributed by atoms with Gasteiger partial charge in [-0.1, -0.05) is 12.1 Å². The zero-order valence-electron chi connectivity index (χ0n) is 12.0. The van der Waals surface area contributed by atoms with Gasteiger partial charge in [-0.15, -0.1) is 11.3 Å². The van der Waals surface area contributed by atoms with Gasteiger partial charge in [0.25, 0.3) is 0 Å². The van der Waals surface area contributed by atoms with Gasteiger partial charge in [0, 0.05) is 13.5 Å². The maximum Gasteiger partial charge on any atom is 0.134 e. The summed E-state index contributed by atoms with van der Waals surface area (Å²) in [5.74, 6) is 7.60. The van der Waals surface area contributed by atoms with Crippen molar-refractivity contribution in [3.8, 4) is 5.75 Å². The van der Waals surface area contributed by atoms with Gasteiger partial charge in [0.05, 0.1) is 29.1 Å². The Morgan fingerprint density at radius 2 is 2.19 bits per heavy atom. The molecule has 1 unspecified atom stereocenters. The smallest absolute Gasteiger partial charge is 0.134 e. The highest BCUT2D eigenvalue weighted by Crippen LogP contribution is 2.32.